The third-order valence-electron chi connectivity index (χ3n) is 2.98. The lowest BCUT2D eigenvalue weighted by Gasteiger charge is -2.20. The number of rotatable bonds is 5. The lowest BCUT2D eigenvalue weighted by molar-refractivity contribution is -0.384. The third kappa shape index (κ3) is 3.67. The molecular weight excluding hydrogens is 268 g/mol. The summed E-state index contributed by atoms with van der Waals surface area (Å²) in [4.78, 5) is 22.3. The highest BCUT2D eigenvalue weighted by Gasteiger charge is 2.22. The topological polar surface area (TPSA) is 72.2 Å². The first-order valence-corrected chi connectivity index (χ1v) is 6.50. The predicted octanol–water partition coefficient (Wildman–Crippen LogP) is 3.41. The van der Waals surface area contributed by atoms with Crippen molar-refractivity contribution < 1.29 is 9.72 Å². The molecule has 0 radical (unpaired) electrons. The molecule has 0 aliphatic heterocycles. The van der Waals surface area contributed by atoms with Gasteiger partial charge in [0.05, 0.1) is 10.5 Å². The Balaban J connectivity index is 3.00. The van der Waals surface area contributed by atoms with E-state index in [2.05, 4.69) is 5.32 Å². The van der Waals surface area contributed by atoms with E-state index >= 15 is 0 Å². The van der Waals surface area contributed by atoms with Gasteiger partial charge in [-0.05, 0) is 18.4 Å². The number of halogens is 1. The molecule has 1 N–H and O–H groups in total. The van der Waals surface area contributed by atoms with Gasteiger partial charge in [-0.15, -0.1) is 0 Å². The normalized spacial score (nSPS) is 12.3. The summed E-state index contributed by atoms with van der Waals surface area (Å²) in [6.07, 6.45) is 0.788. The van der Waals surface area contributed by atoms with Crippen LogP contribution in [0.3, 0.4) is 0 Å². The molecule has 5 nitrogen and oxygen atoms in total. The summed E-state index contributed by atoms with van der Waals surface area (Å²) in [6.45, 7) is 5.98. The lowest BCUT2D eigenvalue weighted by atomic mass is 10.0. The zero-order chi connectivity index (χ0) is 14.6. The molecule has 0 bridgehead atoms. The minimum absolute atomic E-state index is 0.0165. The summed E-state index contributed by atoms with van der Waals surface area (Å²) < 4.78 is 0. The Morgan fingerprint density at radius 1 is 1.47 bits per heavy atom. The van der Waals surface area contributed by atoms with Crippen molar-refractivity contribution in [1.29, 1.82) is 0 Å². The molecule has 1 aromatic carbocycles. The van der Waals surface area contributed by atoms with Crippen LogP contribution in [0, 0.1) is 16.0 Å². The third-order valence-corrected chi connectivity index (χ3v) is 3.38. The minimum atomic E-state index is -0.598. The van der Waals surface area contributed by atoms with Crippen LogP contribution in [-0.2, 0) is 0 Å². The number of amides is 1. The molecule has 1 amide bonds. The highest BCUT2D eigenvalue weighted by molar-refractivity contribution is 6.35. The number of hydrogen-bond acceptors (Lipinski definition) is 3. The van der Waals surface area contributed by atoms with Gasteiger partial charge in [0, 0.05) is 12.1 Å². The Hall–Kier alpha value is -1.62. The van der Waals surface area contributed by atoms with Crippen LogP contribution in [0.5, 0.6) is 0 Å². The van der Waals surface area contributed by atoms with Crippen LogP contribution >= 0.6 is 11.6 Å². The molecule has 0 heterocycles. The van der Waals surface area contributed by atoms with E-state index in [1.807, 2.05) is 20.8 Å². The molecule has 1 aromatic rings. The van der Waals surface area contributed by atoms with Crippen molar-refractivity contribution in [2.75, 3.05) is 0 Å². The van der Waals surface area contributed by atoms with Gasteiger partial charge in [-0.3, -0.25) is 14.9 Å². The Kier molecular flexibility index (Phi) is 5.30. The molecule has 0 saturated heterocycles. The van der Waals surface area contributed by atoms with Crippen LogP contribution in [0.1, 0.15) is 37.6 Å². The Bertz CT molecular complexity index is 489. The second kappa shape index (κ2) is 6.52. The summed E-state index contributed by atoms with van der Waals surface area (Å²) in [5, 5.41) is 13.5. The first-order valence-electron chi connectivity index (χ1n) is 6.12. The van der Waals surface area contributed by atoms with Gasteiger partial charge in [0.2, 0.25) is 0 Å². The zero-order valence-electron chi connectivity index (χ0n) is 11.1. The van der Waals surface area contributed by atoms with Gasteiger partial charge >= 0.3 is 0 Å². The molecule has 0 saturated carbocycles. The van der Waals surface area contributed by atoms with Crippen molar-refractivity contribution in [1.82, 2.24) is 5.32 Å². The Labute approximate surface area is 117 Å². The largest absolute Gasteiger partial charge is 0.349 e. The molecule has 1 rings (SSSR count). The van der Waals surface area contributed by atoms with E-state index in [9.17, 15) is 14.9 Å². The predicted molar refractivity (Wildman–Crippen MR) is 74.5 cm³/mol. The quantitative estimate of drug-likeness (QED) is 0.665. The summed E-state index contributed by atoms with van der Waals surface area (Å²) >= 11 is 5.90. The molecule has 19 heavy (non-hydrogen) atoms. The molecular formula is C13H17ClN2O3. The summed E-state index contributed by atoms with van der Waals surface area (Å²) in [6, 6.07) is 4.23. The summed E-state index contributed by atoms with van der Waals surface area (Å²) in [7, 11) is 0. The number of carbonyl (C=O) groups excluding carboxylic acids is 1. The van der Waals surface area contributed by atoms with E-state index in [0.29, 0.717) is 0 Å². The van der Waals surface area contributed by atoms with E-state index in [1.54, 1.807) is 0 Å². The maximum Gasteiger partial charge on any atom is 0.288 e. The molecule has 0 aliphatic carbocycles. The van der Waals surface area contributed by atoms with Crippen molar-refractivity contribution in [2.45, 2.75) is 33.2 Å². The van der Waals surface area contributed by atoms with Crippen LogP contribution in [0.15, 0.2) is 18.2 Å². The van der Waals surface area contributed by atoms with Gasteiger partial charge in [0.15, 0.2) is 0 Å². The molecule has 6 heteroatoms. The SMILES string of the molecule is CCC(NC(=O)c1cccc([N+](=O)[O-])c1Cl)C(C)C. The van der Waals surface area contributed by atoms with Crippen LogP contribution in [0.25, 0.3) is 0 Å². The molecule has 0 aromatic heterocycles. The van der Waals surface area contributed by atoms with Crippen LogP contribution < -0.4 is 5.32 Å². The van der Waals surface area contributed by atoms with Gasteiger partial charge in [-0.2, -0.15) is 0 Å². The standard InChI is InChI=1S/C13H17ClN2O3/c1-4-10(8(2)3)15-13(17)9-6-5-7-11(12(9)14)16(18)19/h5-8,10H,4H2,1-3H3,(H,15,17). The first kappa shape index (κ1) is 15.4. The summed E-state index contributed by atoms with van der Waals surface area (Å²) in [5.74, 6) is -0.0966. The minimum Gasteiger partial charge on any atom is -0.349 e. The average molecular weight is 285 g/mol. The first-order chi connectivity index (χ1) is 8.88. The Morgan fingerprint density at radius 2 is 2.11 bits per heavy atom. The van der Waals surface area contributed by atoms with Crippen LogP contribution in [-0.4, -0.2) is 16.9 Å². The Morgan fingerprint density at radius 3 is 2.58 bits per heavy atom. The van der Waals surface area contributed by atoms with Crippen molar-refractivity contribution in [3.8, 4) is 0 Å². The van der Waals surface area contributed by atoms with Gasteiger partial charge in [0.1, 0.15) is 5.02 Å². The second-order valence-electron chi connectivity index (χ2n) is 4.63. The van der Waals surface area contributed by atoms with Crippen LogP contribution in [0.4, 0.5) is 5.69 Å². The maximum absolute atomic E-state index is 12.1. The van der Waals surface area contributed by atoms with Crippen molar-refractivity contribution in [2.24, 2.45) is 5.92 Å². The number of nitrogens with zero attached hydrogens (tertiary/aromatic N) is 1. The van der Waals surface area contributed by atoms with Crippen molar-refractivity contribution in [3.63, 3.8) is 0 Å². The lowest BCUT2D eigenvalue weighted by Crippen LogP contribution is -2.38. The van der Waals surface area contributed by atoms with E-state index in [0.717, 1.165) is 6.42 Å². The van der Waals surface area contributed by atoms with Crippen molar-refractivity contribution >= 4 is 23.2 Å². The maximum atomic E-state index is 12.1. The number of nitrogens with one attached hydrogen (secondary N) is 1. The number of carbonyl (C=O) groups is 1. The number of hydrogen-bond donors (Lipinski definition) is 1. The average Bonchev–Trinajstić information content (AvgIpc) is 2.35. The van der Waals surface area contributed by atoms with Gasteiger partial charge in [-0.1, -0.05) is 38.4 Å². The monoisotopic (exact) mass is 284 g/mol. The molecule has 0 fully saturated rings. The van der Waals surface area contributed by atoms with Gasteiger partial charge in [0.25, 0.3) is 11.6 Å². The fraction of sp³-hybridized carbons (Fsp3) is 0.462. The van der Waals surface area contributed by atoms with E-state index < -0.39 is 4.92 Å². The van der Waals surface area contributed by atoms with Crippen molar-refractivity contribution in [3.05, 3.63) is 38.9 Å². The smallest absolute Gasteiger partial charge is 0.288 e. The fourth-order valence-corrected chi connectivity index (χ4v) is 2.10. The molecule has 104 valence electrons. The van der Waals surface area contributed by atoms with Gasteiger partial charge in [-0.25, -0.2) is 0 Å². The fourth-order valence-electron chi connectivity index (χ4n) is 1.82. The van der Waals surface area contributed by atoms with Gasteiger partial charge < -0.3 is 5.32 Å². The van der Waals surface area contributed by atoms with E-state index in [-0.39, 0.29) is 34.1 Å². The second-order valence-corrected chi connectivity index (χ2v) is 5.01. The summed E-state index contributed by atoms with van der Waals surface area (Å²) in [5.41, 5.74) is -0.123. The van der Waals surface area contributed by atoms with E-state index in [4.69, 9.17) is 11.6 Å². The number of benzene rings is 1. The van der Waals surface area contributed by atoms with E-state index in [1.165, 1.54) is 18.2 Å². The molecule has 0 aliphatic rings. The molecule has 1 unspecified atom stereocenters. The molecule has 1 atom stereocenters. The molecule has 0 spiro atoms. The number of nitro groups is 1. The highest BCUT2D eigenvalue weighted by atomic mass is 35.5. The highest BCUT2D eigenvalue weighted by Crippen LogP contribution is 2.27. The number of nitro benzene ring substituents is 1. The zero-order valence-corrected chi connectivity index (χ0v) is 11.9. The van der Waals surface area contributed by atoms with Crippen LogP contribution in [0.2, 0.25) is 5.02 Å².